The Morgan fingerprint density at radius 1 is 1.41 bits per heavy atom. The van der Waals surface area contributed by atoms with E-state index in [2.05, 4.69) is 10.3 Å². The number of carboxylic acid groups (broad SMARTS) is 1. The van der Waals surface area contributed by atoms with Crippen LogP contribution in [0.3, 0.4) is 0 Å². The van der Waals surface area contributed by atoms with Gasteiger partial charge in [0.2, 0.25) is 0 Å². The zero-order valence-electron chi connectivity index (χ0n) is 11.9. The highest BCUT2D eigenvalue weighted by atomic mass is 32.1. The highest BCUT2D eigenvalue weighted by Gasteiger charge is 2.15. The molecule has 0 aliphatic carbocycles. The molecule has 1 aromatic heterocycles. The summed E-state index contributed by atoms with van der Waals surface area (Å²) in [4.78, 5) is 26.7. The molecule has 1 heterocycles. The van der Waals surface area contributed by atoms with Gasteiger partial charge in [-0.15, -0.1) is 11.3 Å². The molecular formula is C15H15FN2O3S. The van der Waals surface area contributed by atoms with E-state index in [0.29, 0.717) is 17.0 Å². The van der Waals surface area contributed by atoms with Gasteiger partial charge in [-0.3, -0.25) is 9.59 Å². The van der Waals surface area contributed by atoms with E-state index < -0.39 is 17.8 Å². The first-order valence-electron chi connectivity index (χ1n) is 6.66. The first-order chi connectivity index (χ1) is 10.5. The van der Waals surface area contributed by atoms with Crippen molar-refractivity contribution in [3.63, 3.8) is 0 Å². The number of halogens is 1. The molecule has 2 aromatic rings. The van der Waals surface area contributed by atoms with Crippen molar-refractivity contribution in [1.82, 2.24) is 10.3 Å². The van der Waals surface area contributed by atoms with Gasteiger partial charge in [-0.2, -0.15) is 0 Å². The predicted octanol–water partition coefficient (Wildman–Crippen LogP) is 2.32. The summed E-state index contributed by atoms with van der Waals surface area (Å²) in [6, 6.07) is 6.41. The first kappa shape index (κ1) is 16.1. The second-order valence-electron chi connectivity index (χ2n) is 4.84. The summed E-state index contributed by atoms with van der Waals surface area (Å²) < 4.78 is 13.6. The van der Waals surface area contributed by atoms with Gasteiger partial charge in [-0.1, -0.05) is 25.1 Å². The molecule has 2 N–H and O–H groups in total. The molecule has 0 saturated carbocycles. The summed E-state index contributed by atoms with van der Waals surface area (Å²) in [5, 5.41) is 13.5. The third-order valence-electron chi connectivity index (χ3n) is 3.07. The summed E-state index contributed by atoms with van der Waals surface area (Å²) in [6.45, 7) is 1.54. The SMILES string of the molecule is CC(CNC(=O)c1csc(Cc2ccccc2F)n1)C(=O)O. The van der Waals surface area contributed by atoms with Crippen molar-refractivity contribution in [2.75, 3.05) is 6.54 Å². The fourth-order valence-corrected chi connectivity index (χ4v) is 2.52. The Balaban J connectivity index is 1.98. The minimum Gasteiger partial charge on any atom is -0.481 e. The quantitative estimate of drug-likeness (QED) is 0.855. The lowest BCUT2D eigenvalue weighted by Crippen LogP contribution is -2.31. The number of nitrogens with zero attached hydrogens (tertiary/aromatic N) is 1. The molecule has 1 atom stereocenters. The smallest absolute Gasteiger partial charge is 0.308 e. The van der Waals surface area contributed by atoms with Gasteiger partial charge in [0.25, 0.3) is 5.91 Å². The Hall–Kier alpha value is -2.28. The Kier molecular flexibility index (Phi) is 5.21. The Labute approximate surface area is 130 Å². The zero-order chi connectivity index (χ0) is 16.1. The van der Waals surface area contributed by atoms with Crippen LogP contribution in [-0.2, 0) is 11.2 Å². The van der Waals surface area contributed by atoms with E-state index in [9.17, 15) is 14.0 Å². The van der Waals surface area contributed by atoms with E-state index in [1.807, 2.05) is 0 Å². The van der Waals surface area contributed by atoms with Crippen LogP contribution in [0.2, 0.25) is 0 Å². The second-order valence-corrected chi connectivity index (χ2v) is 5.79. The number of benzene rings is 1. The van der Waals surface area contributed by atoms with Crippen LogP contribution in [0.1, 0.15) is 28.0 Å². The van der Waals surface area contributed by atoms with Crippen molar-refractivity contribution < 1.29 is 19.1 Å². The lowest BCUT2D eigenvalue weighted by molar-refractivity contribution is -0.140. The maximum absolute atomic E-state index is 13.6. The van der Waals surface area contributed by atoms with Crippen LogP contribution in [0.25, 0.3) is 0 Å². The second kappa shape index (κ2) is 7.13. The van der Waals surface area contributed by atoms with Gasteiger partial charge in [0.1, 0.15) is 11.5 Å². The number of amides is 1. The summed E-state index contributed by atoms with van der Waals surface area (Å²) in [7, 11) is 0. The lowest BCUT2D eigenvalue weighted by atomic mass is 10.1. The van der Waals surface area contributed by atoms with Crippen molar-refractivity contribution in [3.8, 4) is 0 Å². The van der Waals surface area contributed by atoms with Gasteiger partial charge in [-0.25, -0.2) is 9.37 Å². The highest BCUT2D eigenvalue weighted by molar-refractivity contribution is 7.09. The maximum atomic E-state index is 13.6. The molecule has 2 rings (SSSR count). The largest absolute Gasteiger partial charge is 0.481 e. The van der Waals surface area contributed by atoms with Gasteiger partial charge in [0, 0.05) is 18.3 Å². The van der Waals surface area contributed by atoms with Crippen LogP contribution in [0, 0.1) is 11.7 Å². The van der Waals surface area contributed by atoms with E-state index >= 15 is 0 Å². The number of carboxylic acids is 1. The van der Waals surface area contributed by atoms with Crippen LogP contribution in [-0.4, -0.2) is 28.5 Å². The number of carbonyl (C=O) groups excluding carboxylic acids is 1. The maximum Gasteiger partial charge on any atom is 0.308 e. The molecule has 1 amide bonds. The third kappa shape index (κ3) is 4.11. The molecular weight excluding hydrogens is 307 g/mol. The van der Waals surface area contributed by atoms with Crippen molar-refractivity contribution in [3.05, 3.63) is 51.7 Å². The van der Waals surface area contributed by atoms with Crippen molar-refractivity contribution in [2.45, 2.75) is 13.3 Å². The number of aromatic nitrogens is 1. The topological polar surface area (TPSA) is 79.3 Å². The number of rotatable bonds is 6. The molecule has 0 aliphatic heterocycles. The number of carbonyl (C=O) groups is 2. The molecule has 0 saturated heterocycles. The van der Waals surface area contributed by atoms with Crippen LogP contribution < -0.4 is 5.32 Å². The molecule has 0 aliphatic rings. The predicted molar refractivity (Wildman–Crippen MR) is 80.5 cm³/mol. The Bertz CT molecular complexity index is 687. The monoisotopic (exact) mass is 322 g/mol. The van der Waals surface area contributed by atoms with E-state index in [1.165, 1.54) is 24.3 Å². The van der Waals surface area contributed by atoms with Crippen molar-refractivity contribution in [1.29, 1.82) is 0 Å². The summed E-state index contributed by atoms with van der Waals surface area (Å²) in [5.41, 5.74) is 0.734. The van der Waals surface area contributed by atoms with Gasteiger partial charge in [0.05, 0.1) is 10.9 Å². The zero-order valence-corrected chi connectivity index (χ0v) is 12.7. The first-order valence-corrected chi connectivity index (χ1v) is 7.54. The number of thiazole rings is 1. The number of aliphatic carboxylic acids is 1. The normalized spacial score (nSPS) is 11.9. The number of nitrogens with one attached hydrogen (secondary N) is 1. The summed E-state index contributed by atoms with van der Waals surface area (Å²) in [6.07, 6.45) is 0.316. The van der Waals surface area contributed by atoms with Crippen LogP contribution in [0.5, 0.6) is 0 Å². The van der Waals surface area contributed by atoms with E-state index in [-0.39, 0.29) is 18.1 Å². The molecule has 7 heteroatoms. The Morgan fingerprint density at radius 2 is 2.14 bits per heavy atom. The molecule has 0 spiro atoms. The lowest BCUT2D eigenvalue weighted by Gasteiger charge is -2.06. The average molecular weight is 322 g/mol. The minimum absolute atomic E-state index is 0.0361. The van der Waals surface area contributed by atoms with Crippen LogP contribution in [0.15, 0.2) is 29.6 Å². The van der Waals surface area contributed by atoms with Crippen LogP contribution >= 0.6 is 11.3 Å². The van der Waals surface area contributed by atoms with Crippen molar-refractivity contribution >= 4 is 23.2 Å². The summed E-state index contributed by atoms with van der Waals surface area (Å²) in [5.74, 6) is -2.37. The number of hydrogen-bond acceptors (Lipinski definition) is 4. The van der Waals surface area contributed by atoms with Gasteiger partial charge < -0.3 is 10.4 Å². The standard InChI is InChI=1S/C15H15FN2O3S/c1-9(15(20)21)7-17-14(19)12-8-22-13(18-12)6-10-4-2-3-5-11(10)16/h2-5,8-9H,6-7H2,1H3,(H,17,19)(H,20,21). The van der Waals surface area contributed by atoms with E-state index in [0.717, 1.165) is 0 Å². The van der Waals surface area contributed by atoms with Crippen LogP contribution in [0.4, 0.5) is 4.39 Å². The fraction of sp³-hybridized carbons (Fsp3) is 0.267. The average Bonchev–Trinajstić information content (AvgIpc) is 2.95. The molecule has 1 unspecified atom stereocenters. The minimum atomic E-state index is -0.973. The molecule has 0 fully saturated rings. The van der Waals surface area contributed by atoms with Gasteiger partial charge in [-0.05, 0) is 11.6 Å². The molecule has 116 valence electrons. The van der Waals surface area contributed by atoms with Gasteiger partial charge >= 0.3 is 5.97 Å². The molecule has 5 nitrogen and oxygen atoms in total. The van der Waals surface area contributed by atoms with E-state index in [4.69, 9.17) is 5.11 Å². The Morgan fingerprint density at radius 3 is 2.82 bits per heavy atom. The van der Waals surface area contributed by atoms with Crippen molar-refractivity contribution in [2.24, 2.45) is 5.92 Å². The fourth-order valence-electron chi connectivity index (χ4n) is 1.72. The van der Waals surface area contributed by atoms with E-state index in [1.54, 1.807) is 23.6 Å². The summed E-state index contributed by atoms with van der Waals surface area (Å²) >= 11 is 1.27. The molecule has 22 heavy (non-hydrogen) atoms. The molecule has 1 aromatic carbocycles. The third-order valence-corrected chi connectivity index (χ3v) is 3.92. The highest BCUT2D eigenvalue weighted by Crippen LogP contribution is 2.17. The number of hydrogen-bond donors (Lipinski definition) is 2. The van der Waals surface area contributed by atoms with Gasteiger partial charge in [0.15, 0.2) is 0 Å². The molecule has 0 radical (unpaired) electrons. The molecule has 0 bridgehead atoms.